The maximum absolute atomic E-state index is 11.7. The van der Waals surface area contributed by atoms with E-state index in [9.17, 15) is 9.59 Å². The number of methoxy groups -OCH3 is 1. The second-order valence-corrected chi connectivity index (χ2v) is 4.31. The average molecular weight is 274 g/mol. The highest BCUT2D eigenvalue weighted by Crippen LogP contribution is 2.20. The lowest BCUT2D eigenvalue weighted by molar-refractivity contribution is 0.0693. The van der Waals surface area contributed by atoms with E-state index in [2.05, 4.69) is 5.10 Å². The van der Waals surface area contributed by atoms with Gasteiger partial charge in [0.05, 0.1) is 19.3 Å². The number of aryl methyl sites for hydroxylation is 1. The zero-order valence-electron chi connectivity index (χ0n) is 11.2. The Balaban J connectivity index is 2.37. The molecule has 0 aliphatic carbocycles. The molecule has 0 aliphatic heterocycles. The van der Waals surface area contributed by atoms with E-state index in [0.717, 1.165) is 11.3 Å². The Bertz CT molecular complexity index is 707. The summed E-state index contributed by atoms with van der Waals surface area (Å²) in [5.74, 6) is -0.796. The number of carbonyl (C=O) groups is 1. The number of benzene rings is 1. The summed E-state index contributed by atoms with van der Waals surface area (Å²) < 4.78 is 6.37. The minimum Gasteiger partial charge on any atom is -0.496 e. The van der Waals surface area contributed by atoms with Gasteiger partial charge in [0.1, 0.15) is 11.3 Å². The highest BCUT2D eigenvalue weighted by atomic mass is 16.5. The van der Waals surface area contributed by atoms with Crippen LogP contribution in [0.4, 0.5) is 0 Å². The molecule has 0 saturated carbocycles. The second kappa shape index (κ2) is 5.56. The molecule has 0 bridgehead atoms. The normalized spacial score (nSPS) is 10.3. The molecule has 1 aromatic heterocycles. The fourth-order valence-electron chi connectivity index (χ4n) is 1.85. The first-order valence-electron chi connectivity index (χ1n) is 5.96. The van der Waals surface area contributed by atoms with Gasteiger partial charge in [-0.3, -0.25) is 4.79 Å². The lowest BCUT2D eigenvalue weighted by Crippen LogP contribution is -2.23. The zero-order valence-corrected chi connectivity index (χ0v) is 11.2. The quantitative estimate of drug-likeness (QED) is 0.909. The van der Waals surface area contributed by atoms with E-state index in [4.69, 9.17) is 9.84 Å². The van der Waals surface area contributed by atoms with E-state index in [1.807, 2.05) is 0 Å². The highest BCUT2D eigenvalue weighted by Gasteiger charge is 2.11. The van der Waals surface area contributed by atoms with Crippen LogP contribution in [0, 0.1) is 6.92 Å². The third kappa shape index (κ3) is 2.85. The fraction of sp³-hybridized carbons (Fsp3) is 0.214. The molecule has 0 saturated heterocycles. The number of rotatable bonds is 4. The Morgan fingerprint density at radius 1 is 1.35 bits per heavy atom. The molecule has 2 aromatic rings. The van der Waals surface area contributed by atoms with Gasteiger partial charge in [-0.05, 0) is 30.7 Å². The summed E-state index contributed by atoms with van der Waals surface area (Å²) in [5.41, 5.74) is 1.35. The van der Waals surface area contributed by atoms with Gasteiger partial charge in [-0.25, -0.2) is 9.48 Å². The first-order chi connectivity index (χ1) is 9.51. The largest absolute Gasteiger partial charge is 0.496 e. The molecule has 6 heteroatoms. The van der Waals surface area contributed by atoms with Gasteiger partial charge in [-0.15, -0.1) is 0 Å². The Labute approximate surface area is 115 Å². The first kappa shape index (κ1) is 13.8. The summed E-state index contributed by atoms with van der Waals surface area (Å²) in [6, 6.07) is 7.79. The molecule has 1 N–H and O–H groups in total. The molecule has 0 atom stereocenters. The Morgan fingerprint density at radius 3 is 2.75 bits per heavy atom. The number of nitrogens with zero attached hydrogens (tertiary/aromatic N) is 2. The van der Waals surface area contributed by atoms with E-state index in [0.29, 0.717) is 0 Å². The number of carboxylic acid groups (broad SMARTS) is 1. The predicted molar refractivity (Wildman–Crippen MR) is 72.3 cm³/mol. The maximum Gasteiger partial charge on any atom is 0.339 e. The number of ether oxygens (including phenoxy) is 1. The summed E-state index contributed by atoms with van der Waals surface area (Å²) >= 11 is 0. The molecule has 0 amide bonds. The van der Waals surface area contributed by atoms with Crippen LogP contribution in [0.15, 0.2) is 35.1 Å². The van der Waals surface area contributed by atoms with Crippen molar-refractivity contribution in [3.05, 3.63) is 57.5 Å². The van der Waals surface area contributed by atoms with Crippen LogP contribution in [-0.2, 0) is 6.54 Å². The van der Waals surface area contributed by atoms with Crippen molar-refractivity contribution in [3.8, 4) is 5.75 Å². The number of aromatic nitrogens is 2. The smallest absolute Gasteiger partial charge is 0.339 e. The van der Waals surface area contributed by atoms with Crippen molar-refractivity contribution < 1.29 is 14.6 Å². The van der Waals surface area contributed by atoms with Gasteiger partial charge in [0.2, 0.25) is 0 Å². The van der Waals surface area contributed by atoms with Gasteiger partial charge in [0.15, 0.2) is 0 Å². The molecule has 0 spiro atoms. The highest BCUT2D eigenvalue weighted by molar-refractivity contribution is 5.90. The van der Waals surface area contributed by atoms with Crippen molar-refractivity contribution in [3.63, 3.8) is 0 Å². The second-order valence-electron chi connectivity index (χ2n) is 4.31. The molecule has 20 heavy (non-hydrogen) atoms. The van der Waals surface area contributed by atoms with Crippen LogP contribution >= 0.6 is 0 Å². The summed E-state index contributed by atoms with van der Waals surface area (Å²) in [4.78, 5) is 22.7. The van der Waals surface area contributed by atoms with Crippen molar-refractivity contribution in [1.29, 1.82) is 0 Å². The summed E-state index contributed by atoms with van der Waals surface area (Å²) in [6.45, 7) is 2.06. The molecule has 2 rings (SSSR count). The minimum absolute atomic E-state index is 0.0841. The fourth-order valence-corrected chi connectivity index (χ4v) is 1.85. The number of hydrogen-bond donors (Lipinski definition) is 1. The minimum atomic E-state index is -1.06. The molecular weight excluding hydrogens is 260 g/mol. The third-order valence-electron chi connectivity index (χ3n) is 2.83. The van der Waals surface area contributed by atoms with Crippen LogP contribution < -0.4 is 10.3 Å². The van der Waals surface area contributed by atoms with Crippen LogP contribution in [0.25, 0.3) is 0 Å². The van der Waals surface area contributed by atoms with Crippen LogP contribution in [-0.4, -0.2) is 28.0 Å². The van der Waals surface area contributed by atoms with Crippen molar-refractivity contribution in [2.75, 3.05) is 7.11 Å². The Hall–Kier alpha value is -2.63. The lowest BCUT2D eigenvalue weighted by atomic mass is 10.1. The molecule has 1 aromatic carbocycles. The average Bonchev–Trinajstić information content (AvgIpc) is 2.42. The van der Waals surface area contributed by atoms with E-state index < -0.39 is 5.97 Å². The monoisotopic (exact) mass is 274 g/mol. The Morgan fingerprint density at radius 2 is 2.10 bits per heavy atom. The lowest BCUT2D eigenvalue weighted by Gasteiger charge is -2.09. The molecule has 104 valence electrons. The van der Waals surface area contributed by atoms with Crippen molar-refractivity contribution >= 4 is 5.97 Å². The van der Waals surface area contributed by atoms with E-state index in [-0.39, 0.29) is 23.4 Å². The van der Waals surface area contributed by atoms with Crippen LogP contribution in [0.1, 0.15) is 21.6 Å². The van der Waals surface area contributed by atoms with Crippen molar-refractivity contribution in [1.82, 2.24) is 9.78 Å². The van der Waals surface area contributed by atoms with Gasteiger partial charge in [0, 0.05) is 6.07 Å². The van der Waals surface area contributed by atoms with Crippen molar-refractivity contribution in [2.24, 2.45) is 0 Å². The summed E-state index contributed by atoms with van der Waals surface area (Å²) in [7, 11) is 1.41. The molecule has 0 aliphatic rings. The molecule has 6 nitrogen and oxygen atoms in total. The predicted octanol–water partition coefficient (Wildman–Crippen LogP) is 1.31. The van der Waals surface area contributed by atoms with E-state index in [1.165, 1.54) is 23.9 Å². The standard InChI is InChI=1S/C14H14N2O4/c1-9-3-6-13(17)16(15-9)8-10-4-5-11(14(18)19)12(7-10)20-2/h3-7H,8H2,1-2H3,(H,18,19). The number of carboxylic acids is 1. The van der Waals surface area contributed by atoms with Crippen LogP contribution in [0.3, 0.4) is 0 Å². The molecule has 0 radical (unpaired) electrons. The number of aromatic carboxylic acids is 1. The van der Waals surface area contributed by atoms with Crippen LogP contribution in [0.5, 0.6) is 5.75 Å². The maximum atomic E-state index is 11.7. The SMILES string of the molecule is COc1cc(Cn2nc(C)ccc2=O)ccc1C(=O)O. The third-order valence-corrected chi connectivity index (χ3v) is 2.83. The van der Waals surface area contributed by atoms with Gasteiger partial charge >= 0.3 is 5.97 Å². The van der Waals surface area contributed by atoms with Gasteiger partial charge in [-0.2, -0.15) is 5.10 Å². The van der Waals surface area contributed by atoms with E-state index in [1.54, 1.807) is 25.1 Å². The summed E-state index contributed by atoms with van der Waals surface area (Å²) in [5, 5.41) is 13.1. The molecule has 0 unspecified atom stereocenters. The van der Waals surface area contributed by atoms with Crippen LogP contribution in [0.2, 0.25) is 0 Å². The van der Waals surface area contributed by atoms with Gasteiger partial charge < -0.3 is 9.84 Å². The molecule has 0 fully saturated rings. The number of hydrogen-bond acceptors (Lipinski definition) is 4. The molecular formula is C14H14N2O4. The first-order valence-corrected chi connectivity index (χ1v) is 5.96. The Kier molecular flexibility index (Phi) is 3.84. The van der Waals surface area contributed by atoms with Crippen molar-refractivity contribution in [2.45, 2.75) is 13.5 Å². The van der Waals surface area contributed by atoms with E-state index >= 15 is 0 Å². The van der Waals surface area contributed by atoms with Gasteiger partial charge in [0.25, 0.3) is 5.56 Å². The van der Waals surface area contributed by atoms with Gasteiger partial charge in [-0.1, -0.05) is 6.07 Å². The summed E-state index contributed by atoms with van der Waals surface area (Å²) in [6.07, 6.45) is 0. The zero-order chi connectivity index (χ0) is 14.7. The molecule has 1 heterocycles. The topological polar surface area (TPSA) is 81.4 Å².